The number of nitrogens with zero attached hydrogens (tertiary/aromatic N) is 2. The molecule has 0 saturated heterocycles. The number of fused-ring (bicyclic) bond motifs is 2. The van der Waals surface area contributed by atoms with E-state index in [1.165, 1.54) is 0 Å². The monoisotopic (exact) mass is 761 g/mol. The van der Waals surface area contributed by atoms with E-state index in [0.29, 0.717) is 27.8 Å². The Kier molecular flexibility index (Phi) is 10.3. The van der Waals surface area contributed by atoms with Crippen molar-refractivity contribution in [1.29, 1.82) is 5.26 Å². The fourth-order valence-corrected chi connectivity index (χ4v) is 7.32. The van der Waals surface area contributed by atoms with Crippen LogP contribution in [0, 0.1) is 46.9 Å². The lowest BCUT2D eigenvalue weighted by atomic mass is 9.91. The van der Waals surface area contributed by atoms with Gasteiger partial charge in [-0.05, 0) is 112 Å². The van der Waals surface area contributed by atoms with Crippen LogP contribution in [0.1, 0.15) is 44.5 Å². The molecule has 8 aromatic rings. The summed E-state index contributed by atoms with van der Waals surface area (Å²) < 4.78 is 0. The molecule has 0 amide bonds. The van der Waals surface area contributed by atoms with Gasteiger partial charge in [0.2, 0.25) is 0 Å². The van der Waals surface area contributed by atoms with Crippen molar-refractivity contribution in [2.75, 3.05) is 4.90 Å². The maximum absolute atomic E-state index is 12.7. The van der Waals surface area contributed by atoms with E-state index in [1.807, 2.05) is 85.0 Å². The van der Waals surface area contributed by atoms with Crippen LogP contribution in [0.25, 0.3) is 27.3 Å². The first-order valence-corrected chi connectivity index (χ1v) is 19.5. The second kappa shape index (κ2) is 16.8. The molecule has 1 aliphatic carbocycles. The molecular weight excluding hydrogens is 729 g/mol. The van der Waals surface area contributed by atoms with Crippen molar-refractivity contribution >= 4 is 44.4 Å². The quantitative estimate of drug-likeness (QED) is 0.102. The molecule has 278 valence electrons. The minimum Gasteiger partial charge on any atom is -0.872 e. The molecule has 0 aliphatic heterocycles. The van der Waals surface area contributed by atoms with E-state index in [-0.39, 0.29) is 5.76 Å². The zero-order valence-corrected chi connectivity index (χ0v) is 32.4. The molecule has 0 unspecified atom stereocenters. The van der Waals surface area contributed by atoms with Crippen LogP contribution in [0.2, 0.25) is 0 Å². The summed E-state index contributed by atoms with van der Waals surface area (Å²) in [5, 5.41) is 26.8. The summed E-state index contributed by atoms with van der Waals surface area (Å²) in [5.41, 5.74) is 9.76. The number of nitriles is 1. The topological polar surface area (TPSA) is 50.1 Å². The van der Waals surface area contributed by atoms with Gasteiger partial charge in [-0.2, -0.15) is 5.26 Å². The summed E-state index contributed by atoms with van der Waals surface area (Å²) in [4.78, 5) is 2.24. The van der Waals surface area contributed by atoms with Gasteiger partial charge in [-0.3, -0.25) is 0 Å². The fourth-order valence-electron chi connectivity index (χ4n) is 7.32. The Hall–Kier alpha value is -8.73. The number of benzene rings is 8. The molecule has 0 atom stereocenters. The molecule has 0 radical (unpaired) electrons. The Morgan fingerprint density at radius 2 is 0.850 bits per heavy atom. The van der Waals surface area contributed by atoms with Crippen LogP contribution in [0.4, 0.5) is 17.1 Å². The molecule has 0 heterocycles. The molecular formula is C57H33N2O-. The average molecular weight is 762 g/mol. The minimum absolute atomic E-state index is 0.0198. The molecule has 0 spiro atoms. The Labute approximate surface area is 350 Å². The maximum atomic E-state index is 12.7. The Morgan fingerprint density at radius 1 is 0.417 bits per heavy atom. The van der Waals surface area contributed by atoms with E-state index >= 15 is 0 Å². The van der Waals surface area contributed by atoms with Crippen molar-refractivity contribution in [3.05, 3.63) is 250 Å². The smallest absolute Gasteiger partial charge is 0.100 e. The number of allylic oxidation sites excluding steroid dienone is 5. The van der Waals surface area contributed by atoms with E-state index in [4.69, 9.17) is 0 Å². The summed E-state index contributed by atoms with van der Waals surface area (Å²) >= 11 is 0. The molecule has 0 aromatic heterocycles. The zero-order valence-electron chi connectivity index (χ0n) is 32.4. The number of rotatable bonds is 4. The van der Waals surface area contributed by atoms with E-state index < -0.39 is 0 Å². The maximum Gasteiger partial charge on any atom is 0.100 e. The van der Waals surface area contributed by atoms with Gasteiger partial charge in [-0.25, -0.2) is 0 Å². The first kappa shape index (κ1) is 36.9. The van der Waals surface area contributed by atoms with Crippen LogP contribution >= 0.6 is 0 Å². The van der Waals surface area contributed by atoms with Gasteiger partial charge >= 0.3 is 0 Å². The first-order valence-electron chi connectivity index (χ1n) is 19.5. The van der Waals surface area contributed by atoms with Gasteiger partial charge in [0.1, 0.15) is 6.07 Å². The Bertz CT molecular complexity index is 3150. The molecule has 9 rings (SSSR count). The van der Waals surface area contributed by atoms with E-state index in [9.17, 15) is 10.4 Å². The number of anilines is 3. The highest BCUT2D eigenvalue weighted by atomic mass is 16.3. The molecule has 0 fully saturated rings. The zero-order chi connectivity index (χ0) is 40.7. The summed E-state index contributed by atoms with van der Waals surface area (Å²) in [5.74, 6) is 20.1. The third kappa shape index (κ3) is 7.68. The highest BCUT2D eigenvalue weighted by molar-refractivity contribution is 6.10. The van der Waals surface area contributed by atoms with Crippen LogP contribution in [-0.4, -0.2) is 0 Å². The lowest BCUT2D eigenvalue weighted by molar-refractivity contribution is -0.244. The van der Waals surface area contributed by atoms with Gasteiger partial charge in [-0.15, -0.1) is 0 Å². The van der Waals surface area contributed by atoms with Crippen LogP contribution in [0.3, 0.4) is 0 Å². The SMILES string of the molecule is N#Cc1cc(C#Cc2ccc(C([O-])=C3C=CC=C3)cc2)ccc1C#Cc1c2ccccc2c(C#Cc2ccc(N(c3ccccc3)c3ccccc3)cc2)c2ccccc12. The summed E-state index contributed by atoms with van der Waals surface area (Å²) in [6.45, 7) is 0. The molecule has 60 heavy (non-hydrogen) atoms. The predicted octanol–water partition coefficient (Wildman–Crippen LogP) is 11.7. The third-order valence-electron chi connectivity index (χ3n) is 10.3. The van der Waals surface area contributed by atoms with Crippen molar-refractivity contribution in [2.45, 2.75) is 0 Å². The van der Waals surface area contributed by atoms with Gasteiger partial charge < -0.3 is 10.0 Å². The summed E-state index contributed by atoms with van der Waals surface area (Å²) in [6, 6.07) is 60.6. The fraction of sp³-hybridized carbons (Fsp3) is 0. The lowest BCUT2D eigenvalue weighted by Crippen LogP contribution is -2.09. The van der Waals surface area contributed by atoms with E-state index in [0.717, 1.165) is 60.9 Å². The standard InChI is InChI=1S/C57H34N2O/c58-40-47-39-43(24-23-41-25-32-46(33-26-41)57(60)45-13-7-8-14-45)27-31-44(47)34-38-56-53-21-11-9-19-51(53)55(52-20-10-12-22-54(52)56)37-30-42-28-35-50(36-29-42)59(48-15-3-1-4-16-48)49-17-5-2-6-18-49/h1-22,25-29,31-33,35-36,39,60H/p-1. The van der Waals surface area contributed by atoms with Crippen LogP contribution < -0.4 is 10.0 Å². The van der Waals surface area contributed by atoms with E-state index in [1.54, 1.807) is 18.2 Å². The predicted molar refractivity (Wildman–Crippen MR) is 243 cm³/mol. The Balaban J connectivity index is 1.02. The van der Waals surface area contributed by atoms with Crippen molar-refractivity contribution in [2.24, 2.45) is 0 Å². The summed E-state index contributed by atoms with van der Waals surface area (Å²) in [7, 11) is 0. The van der Waals surface area contributed by atoms with Gasteiger partial charge in [-0.1, -0.05) is 163 Å². The van der Waals surface area contributed by atoms with Crippen LogP contribution in [0.5, 0.6) is 0 Å². The summed E-state index contributed by atoms with van der Waals surface area (Å²) in [6.07, 6.45) is 7.32. The third-order valence-corrected chi connectivity index (χ3v) is 10.3. The van der Waals surface area contributed by atoms with Crippen molar-refractivity contribution < 1.29 is 5.11 Å². The first-order chi connectivity index (χ1) is 29.6. The van der Waals surface area contributed by atoms with Gasteiger partial charge in [0.25, 0.3) is 0 Å². The largest absolute Gasteiger partial charge is 0.872 e. The van der Waals surface area contributed by atoms with Gasteiger partial charge in [0.05, 0.1) is 5.56 Å². The molecule has 8 aromatic carbocycles. The lowest BCUT2D eigenvalue weighted by Gasteiger charge is -2.25. The Morgan fingerprint density at radius 3 is 1.38 bits per heavy atom. The average Bonchev–Trinajstić information content (AvgIpc) is 3.86. The van der Waals surface area contributed by atoms with Crippen LogP contribution in [0.15, 0.2) is 206 Å². The normalized spacial score (nSPS) is 11.2. The van der Waals surface area contributed by atoms with Crippen molar-refractivity contribution in [3.8, 4) is 41.6 Å². The number of hydrogen-bond acceptors (Lipinski definition) is 3. The van der Waals surface area contributed by atoms with Crippen LogP contribution in [-0.2, 0) is 0 Å². The second-order valence-electron chi connectivity index (χ2n) is 14.1. The number of hydrogen-bond donors (Lipinski definition) is 0. The van der Waals surface area contributed by atoms with Crippen molar-refractivity contribution in [3.63, 3.8) is 0 Å². The van der Waals surface area contributed by atoms with E-state index in [2.05, 4.69) is 144 Å². The molecule has 0 saturated carbocycles. The molecule has 3 nitrogen and oxygen atoms in total. The number of para-hydroxylation sites is 2. The minimum atomic E-state index is -0.0198. The van der Waals surface area contributed by atoms with Gasteiger partial charge in [0.15, 0.2) is 0 Å². The molecule has 0 N–H and O–H groups in total. The molecule has 0 bridgehead atoms. The molecule has 3 heteroatoms. The van der Waals surface area contributed by atoms with Crippen molar-refractivity contribution in [1.82, 2.24) is 0 Å². The highest BCUT2D eigenvalue weighted by Gasteiger charge is 2.13. The molecule has 1 aliphatic rings. The highest BCUT2D eigenvalue weighted by Crippen LogP contribution is 2.35. The van der Waals surface area contributed by atoms with Gasteiger partial charge in [0, 0.05) is 50.4 Å². The second-order valence-corrected chi connectivity index (χ2v) is 14.1.